The lowest BCUT2D eigenvalue weighted by molar-refractivity contribution is -0.276. The van der Waals surface area contributed by atoms with E-state index in [1.807, 2.05) is 54.6 Å². The Balaban J connectivity index is 1.14. The van der Waals surface area contributed by atoms with Crippen LogP contribution in [0.5, 0.6) is 0 Å². The monoisotopic (exact) mass is 594 g/mol. The second-order valence-electron chi connectivity index (χ2n) is 11.3. The van der Waals surface area contributed by atoms with Gasteiger partial charge in [0, 0.05) is 75.5 Å². The van der Waals surface area contributed by atoms with Crippen LogP contribution < -0.4 is 10.2 Å². The summed E-state index contributed by atoms with van der Waals surface area (Å²) in [7, 11) is 0. The molecular formula is C34H38N6O4. The van der Waals surface area contributed by atoms with E-state index in [4.69, 9.17) is 9.47 Å². The average molecular weight is 595 g/mol. The molecule has 0 radical (unpaired) electrons. The van der Waals surface area contributed by atoms with Crippen LogP contribution in [0.2, 0.25) is 0 Å². The normalized spacial score (nSPS) is 22.5. The topological polar surface area (TPSA) is 113 Å². The number of hydrogen-bond donors (Lipinski definition) is 2. The number of rotatable bonds is 9. The molecule has 10 heteroatoms. The van der Waals surface area contributed by atoms with E-state index < -0.39 is 6.29 Å². The summed E-state index contributed by atoms with van der Waals surface area (Å²) in [6, 6.07) is 21.3. The standard InChI is InChI=1S/C34H38N6O4/c1-24-30(22-39-16-18-40(19-17-39)34-36-14-3-15-37-34)43-33(44-31(24)27-9-7-26(23-41)8-10-27)28-11-5-25(6-12-28)20-38-32(42)29-4-2-13-35-21-29/h2-15,21,24,30-31,33,41H,16-20,22-23H2,1H3,(H,38,42)/t24-,30+,31+,33+/m0/s1. The van der Waals surface area contributed by atoms with Crippen molar-refractivity contribution < 1.29 is 19.4 Å². The lowest BCUT2D eigenvalue weighted by Gasteiger charge is -2.44. The van der Waals surface area contributed by atoms with E-state index >= 15 is 0 Å². The molecule has 2 saturated heterocycles. The SMILES string of the molecule is C[C@H]1[C@@H](CN2CCN(c3ncccn3)CC2)O[C@@H](c2ccc(CNC(=O)c3cccnc3)cc2)O[C@H]1c1ccc(CO)cc1. The summed E-state index contributed by atoms with van der Waals surface area (Å²) in [5.41, 5.74) is 4.36. The maximum atomic E-state index is 12.4. The van der Waals surface area contributed by atoms with Crippen molar-refractivity contribution >= 4 is 11.9 Å². The maximum absolute atomic E-state index is 12.4. The Hall–Kier alpha value is -4.22. The number of aliphatic hydroxyl groups is 1. The van der Waals surface area contributed by atoms with Gasteiger partial charge in [-0.25, -0.2) is 9.97 Å². The summed E-state index contributed by atoms with van der Waals surface area (Å²) in [5.74, 6) is 0.711. The minimum Gasteiger partial charge on any atom is -0.392 e. The average Bonchev–Trinajstić information content (AvgIpc) is 3.09. The number of nitrogens with one attached hydrogen (secondary N) is 1. The third kappa shape index (κ3) is 7.11. The molecule has 228 valence electrons. The molecule has 44 heavy (non-hydrogen) atoms. The molecule has 4 atom stereocenters. The number of anilines is 1. The molecule has 0 bridgehead atoms. The van der Waals surface area contributed by atoms with Crippen LogP contribution in [0.4, 0.5) is 5.95 Å². The molecule has 2 aliphatic heterocycles. The lowest BCUT2D eigenvalue weighted by Crippen LogP contribution is -2.51. The van der Waals surface area contributed by atoms with Crippen LogP contribution in [0.25, 0.3) is 0 Å². The van der Waals surface area contributed by atoms with Gasteiger partial charge in [-0.3, -0.25) is 14.7 Å². The first-order valence-electron chi connectivity index (χ1n) is 15.1. The van der Waals surface area contributed by atoms with Gasteiger partial charge in [0.15, 0.2) is 6.29 Å². The highest BCUT2D eigenvalue weighted by atomic mass is 16.7. The van der Waals surface area contributed by atoms with Gasteiger partial charge >= 0.3 is 0 Å². The maximum Gasteiger partial charge on any atom is 0.253 e. The van der Waals surface area contributed by atoms with Gasteiger partial charge in [0.05, 0.1) is 24.4 Å². The molecule has 0 spiro atoms. The van der Waals surface area contributed by atoms with Crippen molar-refractivity contribution in [3.63, 3.8) is 0 Å². The van der Waals surface area contributed by atoms with E-state index in [9.17, 15) is 9.90 Å². The minimum atomic E-state index is -0.545. The van der Waals surface area contributed by atoms with Gasteiger partial charge in [0.2, 0.25) is 5.95 Å². The van der Waals surface area contributed by atoms with Gasteiger partial charge in [0.25, 0.3) is 5.91 Å². The highest BCUT2D eigenvalue weighted by molar-refractivity contribution is 5.93. The number of aliphatic hydroxyl groups excluding tert-OH is 1. The van der Waals surface area contributed by atoms with Crippen molar-refractivity contribution in [1.82, 2.24) is 25.2 Å². The molecule has 2 aromatic carbocycles. The lowest BCUT2D eigenvalue weighted by atomic mass is 9.90. The Bertz CT molecular complexity index is 1480. The number of carbonyl (C=O) groups excluding carboxylic acids is 1. The van der Waals surface area contributed by atoms with Crippen LogP contribution in [-0.4, -0.2) is 69.7 Å². The zero-order chi connectivity index (χ0) is 30.3. The van der Waals surface area contributed by atoms with Gasteiger partial charge < -0.3 is 24.8 Å². The minimum absolute atomic E-state index is 0.00472. The zero-order valence-corrected chi connectivity index (χ0v) is 24.8. The molecule has 1 amide bonds. The number of benzene rings is 2. The molecule has 6 rings (SSSR count). The van der Waals surface area contributed by atoms with E-state index in [1.54, 1.807) is 36.9 Å². The summed E-state index contributed by atoms with van der Waals surface area (Å²) >= 11 is 0. The van der Waals surface area contributed by atoms with Gasteiger partial charge in [-0.2, -0.15) is 0 Å². The molecule has 2 fully saturated rings. The summed E-state index contributed by atoms with van der Waals surface area (Å²) in [6.07, 6.45) is 5.98. The third-order valence-electron chi connectivity index (χ3n) is 8.40. The molecule has 2 aliphatic rings. The van der Waals surface area contributed by atoms with Crippen LogP contribution in [0.15, 0.2) is 91.5 Å². The van der Waals surface area contributed by atoms with E-state index in [-0.39, 0.29) is 30.6 Å². The van der Waals surface area contributed by atoms with Crippen molar-refractivity contribution in [3.05, 3.63) is 119 Å². The molecular weight excluding hydrogens is 556 g/mol. The Kier molecular flexibility index (Phi) is 9.52. The number of aromatic nitrogens is 3. The van der Waals surface area contributed by atoms with E-state index in [1.165, 1.54) is 0 Å². The molecule has 10 nitrogen and oxygen atoms in total. The van der Waals surface area contributed by atoms with Crippen LogP contribution in [0.3, 0.4) is 0 Å². The first-order chi connectivity index (χ1) is 21.6. The Morgan fingerprint density at radius 3 is 2.27 bits per heavy atom. The number of piperazine rings is 1. The fraction of sp³-hybridized carbons (Fsp3) is 0.353. The van der Waals surface area contributed by atoms with E-state index in [2.05, 4.69) is 37.0 Å². The Labute approximate surface area is 257 Å². The second kappa shape index (κ2) is 14.0. The summed E-state index contributed by atoms with van der Waals surface area (Å²) in [4.78, 5) is 30.0. The molecule has 4 aromatic rings. The van der Waals surface area contributed by atoms with Crippen molar-refractivity contribution in [3.8, 4) is 0 Å². The van der Waals surface area contributed by atoms with Crippen molar-refractivity contribution in [1.29, 1.82) is 0 Å². The molecule has 2 N–H and O–H groups in total. The fourth-order valence-electron chi connectivity index (χ4n) is 5.74. The summed E-state index contributed by atoms with van der Waals surface area (Å²) in [6.45, 7) is 6.88. The first-order valence-corrected chi connectivity index (χ1v) is 15.1. The van der Waals surface area contributed by atoms with Gasteiger partial charge in [-0.1, -0.05) is 55.5 Å². The predicted octanol–water partition coefficient (Wildman–Crippen LogP) is 3.91. The molecule has 0 aliphatic carbocycles. The smallest absolute Gasteiger partial charge is 0.253 e. The summed E-state index contributed by atoms with van der Waals surface area (Å²) < 4.78 is 13.3. The van der Waals surface area contributed by atoms with Crippen molar-refractivity contribution in [2.45, 2.75) is 38.6 Å². The fourth-order valence-corrected chi connectivity index (χ4v) is 5.74. The number of nitrogens with zero attached hydrogens (tertiary/aromatic N) is 5. The van der Waals surface area contributed by atoms with Crippen LogP contribution in [-0.2, 0) is 22.6 Å². The molecule has 0 unspecified atom stereocenters. The summed E-state index contributed by atoms with van der Waals surface area (Å²) in [5, 5.41) is 12.5. The zero-order valence-electron chi connectivity index (χ0n) is 24.8. The van der Waals surface area contributed by atoms with Crippen LogP contribution in [0.1, 0.15) is 51.9 Å². The quantitative estimate of drug-likeness (QED) is 0.298. The Morgan fingerprint density at radius 1 is 0.886 bits per heavy atom. The number of hydrogen-bond acceptors (Lipinski definition) is 9. The van der Waals surface area contributed by atoms with Crippen LogP contribution in [0, 0.1) is 5.92 Å². The Morgan fingerprint density at radius 2 is 1.59 bits per heavy atom. The highest BCUT2D eigenvalue weighted by Gasteiger charge is 2.39. The molecule has 4 heterocycles. The van der Waals surface area contributed by atoms with E-state index in [0.29, 0.717) is 12.1 Å². The van der Waals surface area contributed by atoms with E-state index in [0.717, 1.165) is 60.9 Å². The van der Waals surface area contributed by atoms with Crippen molar-refractivity contribution in [2.24, 2.45) is 5.92 Å². The van der Waals surface area contributed by atoms with Gasteiger partial charge in [0.1, 0.15) is 0 Å². The highest BCUT2D eigenvalue weighted by Crippen LogP contribution is 2.42. The van der Waals surface area contributed by atoms with Crippen molar-refractivity contribution in [2.75, 3.05) is 37.6 Å². The molecule has 2 aromatic heterocycles. The number of carbonyl (C=O) groups is 1. The third-order valence-corrected chi connectivity index (χ3v) is 8.40. The largest absolute Gasteiger partial charge is 0.392 e. The van der Waals surface area contributed by atoms with Crippen LogP contribution >= 0.6 is 0 Å². The number of ether oxygens (including phenoxy) is 2. The number of pyridine rings is 1. The molecule has 0 saturated carbocycles. The second-order valence-corrected chi connectivity index (χ2v) is 11.3. The number of amides is 1. The van der Waals surface area contributed by atoms with Gasteiger partial charge in [-0.15, -0.1) is 0 Å². The van der Waals surface area contributed by atoms with Gasteiger partial charge in [-0.05, 0) is 34.9 Å². The first kappa shape index (κ1) is 29.8. The predicted molar refractivity (Wildman–Crippen MR) is 166 cm³/mol.